The summed E-state index contributed by atoms with van der Waals surface area (Å²) in [6.07, 6.45) is 1.32. The van der Waals surface area contributed by atoms with Gasteiger partial charge in [0.15, 0.2) is 0 Å². The maximum absolute atomic E-state index is 13.0. The van der Waals surface area contributed by atoms with Crippen LogP contribution >= 0.6 is 0 Å². The average Bonchev–Trinajstić information content (AvgIpc) is 2.95. The number of carbonyl (C=O) groups is 3. The van der Waals surface area contributed by atoms with Gasteiger partial charge < -0.3 is 21.5 Å². The normalized spacial score (nSPS) is 11.7. The van der Waals surface area contributed by atoms with E-state index in [-0.39, 0.29) is 18.2 Å². The van der Waals surface area contributed by atoms with Crippen LogP contribution < -0.4 is 26.8 Å². The largest absolute Gasteiger partial charge is 0.493 e. The van der Waals surface area contributed by atoms with E-state index in [9.17, 15) is 14.4 Å². The molecule has 8 nitrogen and oxygen atoms in total. The van der Waals surface area contributed by atoms with Crippen LogP contribution in [0.4, 0.5) is 4.79 Å². The Morgan fingerprint density at radius 1 is 0.775 bits per heavy atom. The molecule has 0 aliphatic rings. The van der Waals surface area contributed by atoms with Crippen molar-refractivity contribution in [3.8, 4) is 5.75 Å². The molecule has 4 aromatic carbocycles. The molecule has 0 bridgehead atoms. The molecule has 8 heteroatoms. The van der Waals surface area contributed by atoms with E-state index in [1.54, 1.807) is 0 Å². The molecule has 40 heavy (non-hydrogen) atoms. The van der Waals surface area contributed by atoms with Gasteiger partial charge in [-0.15, -0.1) is 0 Å². The number of rotatable bonds is 12. The zero-order valence-electron chi connectivity index (χ0n) is 22.2. The molecule has 0 aliphatic carbocycles. The number of fused-ring (bicyclic) bond motifs is 1. The van der Waals surface area contributed by atoms with Crippen LogP contribution in [0.3, 0.4) is 0 Å². The van der Waals surface area contributed by atoms with E-state index in [2.05, 4.69) is 10.6 Å². The number of imide groups is 1. The topological polar surface area (TPSA) is 137 Å². The predicted octanol–water partition coefficient (Wildman–Crippen LogP) is 4.01. The van der Waals surface area contributed by atoms with Gasteiger partial charge in [0.1, 0.15) is 5.75 Å². The van der Waals surface area contributed by atoms with E-state index >= 15 is 0 Å². The van der Waals surface area contributed by atoms with Gasteiger partial charge in [-0.25, -0.2) is 4.79 Å². The Labute approximate surface area is 233 Å². The molecule has 6 N–H and O–H groups in total. The Hall–Kier alpha value is -4.69. The molecule has 0 spiro atoms. The van der Waals surface area contributed by atoms with Crippen LogP contribution in [0, 0.1) is 0 Å². The Morgan fingerprint density at radius 2 is 1.35 bits per heavy atom. The molecular weight excluding hydrogens is 504 g/mol. The summed E-state index contributed by atoms with van der Waals surface area (Å²) in [5.41, 5.74) is 14.2. The first-order valence-electron chi connectivity index (χ1n) is 13.3. The number of carbonyl (C=O) groups excluding carboxylic acids is 3. The summed E-state index contributed by atoms with van der Waals surface area (Å²) in [6, 6.07) is 29.5. The van der Waals surface area contributed by atoms with Crippen molar-refractivity contribution in [2.24, 2.45) is 11.5 Å². The SMILES string of the molecule is NC(=O)NC(=O)Cc1cc2ccccc2cc1OCCCCNC(=O)[C@@H](N)C(c1ccccc1)c1ccccc1. The molecule has 0 saturated heterocycles. The van der Waals surface area contributed by atoms with Crippen molar-refractivity contribution in [1.82, 2.24) is 10.6 Å². The smallest absolute Gasteiger partial charge is 0.318 e. The van der Waals surface area contributed by atoms with Gasteiger partial charge in [-0.2, -0.15) is 0 Å². The number of nitrogens with two attached hydrogens (primary N) is 2. The van der Waals surface area contributed by atoms with Crippen LogP contribution in [0.15, 0.2) is 97.1 Å². The lowest BCUT2D eigenvalue weighted by Gasteiger charge is -2.24. The van der Waals surface area contributed by atoms with Crippen molar-refractivity contribution in [3.63, 3.8) is 0 Å². The molecule has 206 valence electrons. The second kappa shape index (κ2) is 13.9. The molecule has 0 saturated carbocycles. The number of primary amides is 1. The minimum absolute atomic E-state index is 0.0406. The van der Waals surface area contributed by atoms with Crippen LogP contribution in [-0.4, -0.2) is 37.0 Å². The minimum Gasteiger partial charge on any atom is -0.493 e. The number of unbranched alkanes of at least 4 members (excludes halogenated alkanes) is 1. The second-order valence-corrected chi connectivity index (χ2v) is 9.57. The molecule has 0 radical (unpaired) electrons. The van der Waals surface area contributed by atoms with Crippen LogP contribution in [0.25, 0.3) is 10.8 Å². The summed E-state index contributed by atoms with van der Waals surface area (Å²) in [4.78, 5) is 36.2. The Kier molecular flexibility index (Phi) is 9.85. The van der Waals surface area contributed by atoms with Gasteiger partial charge in [0.25, 0.3) is 0 Å². The number of ether oxygens (including phenoxy) is 1. The van der Waals surface area contributed by atoms with E-state index in [0.29, 0.717) is 37.3 Å². The fraction of sp³-hybridized carbons (Fsp3) is 0.219. The van der Waals surface area contributed by atoms with Crippen molar-refractivity contribution >= 4 is 28.6 Å². The second-order valence-electron chi connectivity index (χ2n) is 9.57. The molecule has 0 aliphatic heterocycles. The maximum Gasteiger partial charge on any atom is 0.318 e. The summed E-state index contributed by atoms with van der Waals surface area (Å²) in [5.74, 6) is -0.409. The first-order valence-corrected chi connectivity index (χ1v) is 13.3. The lowest BCUT2D eigenvalue weighted by atomic mass is 9.85. The fourth-order valence-corrected chi connectivity index (χ4v) is 4.71. The van der Waals surface area contributed by atoms with Gasteiger partial charge in [-0.3, -0.25) is 14.9 Å². The van der Waals surface area contributed by atoms with Crippen molar-refractivity contribution < 1.29 is 19.1 Å². The summed E-state index contributed by atoms with van der Waals surface area (Å²) in [6.45, 7) is 0.846. The van der Waals surface area contributed by atoms with E-state index in [1.165, 1.54) is 0 Å². The quantitative estimate of drug-likeness (QED) is 0.202. The van der Waals surface area contributed by atoms with Gasteiger partial charge in [-0.1, -0.05) is 84.9 Å². The third-order valence-electron chi connectivity index (χ3n) is 6.65. The Bertz CT molecular complexity index is 1400. The number of amides is 4. The zero-order valence-corrected chi connectivity index (χ0v) is 22.2. The highest BCUT2D eigenvalue weighted by Crippen LogP contribution is 2.28. The van der Waals surface area contributed by atoms with Crippen LogP contribution in [0.5, 0.6) is 5.75 Å². The molecule has 1 atom stereocenters. The summed E-state index contributed by atoms with van der Waals surface area (Å²) >= 11 is 0. The first-order chi connectivity index (χ1) is 19.4. The summed E-state index contributed by atoms with van der Waals surface area (Å²) < 4.78 is 6.03. The van der Waals surface area contributed by atoms with Gasteiger partial charge in [-0.05, 0) is 46.9 Å². The molecule has 0 unspecified atom stereocenters. The molecule has 4 rings (SSSR count). The number of hydrogen-bond acceptors (Lipinski definition) is 5. The fourth-order valence-electron chi connectivity index (χ4n) is 4.71. The van der Waals surface area contributed by atoms with Gasteiger partial charge in [0.05, 0.1) is 19.1 Å². The molecule has 4 aromatic rings. The monoisotopic (exact) mass is 538 g/mol. The average molecular weight is 539 g/mol. The number of urea groups is 1. The zero-order chi connectivity index (χ0) is 28.3. The lowest BCUT2D eigenvalue weighted by molar-refractivity contribution is -0.122. The minimum atomic E-state index is -0.895. The number of benzene rings is 4. The first kappa shape index (κ1) is 28.3. The van der Waals surface area contributed by atoms with Gasteiger partial charge >= 0.3 is 6.03 Å². The van der Waals surface area contributed by atoms with Gasteiger partial charge in [0.2, 0.25) is 11.8 Å². The van der Waals surface area contributed by atoms with Crippen molar-refractivity contribution in [2.75, 3.05) is 13.2 Å². The maximum atomic E-state index is 13.0. The van der Waals surface area contributed by atoms with Crippen LogP contribution in [0.2, 0.25) is 0 Å². The predicted molar refractivity (Wildman–Crippen MR) is 156 cm³/mol. The summed E-state index contributed by atoms with van der Waals surface area (Å²) in [7, 11) is 0. The van der Waals surface area contributed by atoms with E-state index < -0.39 is 18.0 Å². The van der Waals surface area contributed by atoms with Crippen molar-refractivity contribution in [3.05, 3.63) is 114 Å². The number of hydrogen-bond donors (Lipinski definition) is 4. The van der Waals surface area contributed by atoms with Crippen LogP contribution in [0.1, 0.15) is 35.4 Å². The highest BCUT2D eigenvalue weighted by Gasteiger charge is 2.27. The Balaban J connectivity index is 1.31. The lowest BCUT2D eigenvalue weighted by Crippen LogP contribution is -2.45. The summed E-state index contributed by atoms with van der Waals surface area (Å²) in [5, 5.41) is 6.99. The van der Waals surface area contributed by atoms with Crippen LogP contribution in [-0.2, 0) is 16.0 Å². The molecular formula is C32H34N4O4. The van der Waals surface area contributed by atoms with E-state index in [1.807, 2.05) is 97.1 Å². The Morgan fingerprint density at radius 3 is 1.95 bits per heavy atom. The molecule has 0 heterocycles. The third kappa shape index (κ3) is 7.68. The van der Waals surface area contributed by atoms with Gasteiger partial charge in [0, 0.05) is 18.0 Å². The highest BCUT2D eigenvalue weighted by atomic mass is 16.5. The number of nitrogens with one attached hydrogen (secondary N) is 2. The molecule has 4 amide bonds. The van der Waals surface area contributed by atoms with Crippen molar-refractivity contribution in [2.45, 2.75) is 31.2 Å². The standard InChI is InChI=1S/C32H34N4O4/c33-30(29(22-11-3-1-4-12-22)23-13-5-2-6-14-23)31(38)35-17-9-10-18-40-27-20-25-16-8-7-15-24(25)19-26(27)21-28(37)36-32(34)39/h1-8,11-16,19-20,29-30H,9-10,17-18,21,33H2,(H,35,38)(H3,34,36,37,39)/t30-/m0/s1. The van der Waals surface area contributed by atoms with E-state index in [4.69, 9.17) is 16.2 Å². The molecule has 0 aromatic heterocycles. The van der Waals surface area contributed by atoms with Crippen molar-refractivity contribution in [1.29, 1.82) is 0 Å². The van der Waals surface area contributed by atoms with E-state index in [0.717, 1.165) is 21.9 Å². The molecule has 0 fully saturated rings. The third-order valence-corrected chi connectivity index (χ3v) is 6.65. The highest BCUT2D eigenvalue weighted by molar-refractivity contribution is 5.95.